The molecular weight excluding hydrogens is 240 g/mol. The molecule has 0 aliphatic heterocycles. The van der Waals surface area contributed by atoms with Crippen molar-refractivity contribution in [2.45, 2.75) is 33.2 Å². The van der Waals surface area contributed by atoms with Gasteiger partial charge in [-0.25, -0.2) is 0 Å². The van der Waals surface area contributed by atoms with E-state index >= 15 is 0 Å². The van der Waals surface area contributed by atoms with E-state index in [1.165, 1.54) is 23.6 Å². The fourth-order valence-electron chi connectivity index (χ4n) is 2.61. The summed E-state index contributed by atoms with van der Waals surface area (Å²) in [4.78, 5) is 22.6. The normalized spacial score (nSPS) is 20.8. The topological polar surface area (TPSA) is 58.2 Å². The van der Waals surface area contributed by atoms with Crippen molar-refractivity contribution in [1.29, 1.82) is 0 Å². The smallest absolute Gasteiger partial charge is 0.239 e. The van der Waals surface area contributed by atoms with Gasteiger partial charge in [0.15, 0.2) is 0 Å². The predicted molar refractivity (Wildman–Crippen MR) is 73.6 cm³/mol. The monoisotopic (exact) mass is 260 g/mol. The van der Waals surface area contributed by atoms with Crippen LogP contribution in [-0.2, 0) is 16.0 Å². The Balaban J connectivity index is 2.07. The highest BCUT2D eigenvalue weighted by Crippen LogP contribution is 2.36. The summed E-state index contributed by atoms with van der Waals surface area (Å²) in [7, 11) is 0. The minimum absolute atomic E-state index is 0.0414. The van der Waals surface area contributed by atoms with Gasteiger partial charge in [-0.2, -0.15) is 0 Å². The minimum Gasteiger partial charge on any atom is -0.347 e. The first-order chi connectivity index (χ1) is 8.97. The van der Waals surface area contributed by atoms with Crippen molar-refractivity contribution >= 4 is 11.8 Å². The highest BCUT2D eigenvalue weighted by atomic mass is 16.2. The zero-order valence-electron chi connectivity index (χ0n) is 11.6. The molecule has 4 heteroatoms. The third-order valence-electron chi connectivity index (χ3n) is 3.56. The molecular formula is C15H20N2O2. The molecule has 4 nitrogen and oxygen atoms in total. The molecule has 0 heterocycles. The lowest BCUT2D eigenvalue weighted by Crippen LogP contribution is -2.38. The maximum atomic E-state index is 11.8. The molecule has 0 unspecified atom stereocenters. The Hall–Kier alpha value is -1.84. The average Bonchev–Trinajstić information content (AvgIpc) is 2.63. The minimum atomic E-state index is -0.189. The Morgan fingerprint density at radius 3 is 2.79 bits per heavy atom. The van der Waals surface area contributed by atoms with Gasteiger partial charge in [-0.1, -0.05) is 30.7 Å². The molecule has 0 bridgehead atoms. The average molecular weight is 260 g/mol. The molecule has 1 aliphatic carbocycles. The molecule has 2 rings (SSSR count). The summed E-state index contributed by atoms with van der Waals surface area (Å²) in [5.74, 6) is 0.0605. The van der Waals surface area contributed by atoms with Crippen LogP contribution in [0.1, 0.15) is 36.6 Å². The Labute approximate surface area is 113 Å². The second kappa shape index (κ2) is 5.43. The molecule has 2 N–H and O–H groups in total. The van der Waals surface area contributed by atoms with E-state index in [0.717, 1.165) is 6.42 Å². The SMILES string of the molecule is CC(=O)NCC(=O)N[C@@H]1c2cc(C)ccc2C[C@@H]1C. The van der Waals surface area contributed by atoms with Crippen LogP contribution in [0.5, 0.6) is 0 Å². The van der Waals surface area contributed by atoms with Gasteiger partial charge in [-0.3, -0.25) is 9.59 Å². The molecule has 0 saturated carbocycles. The Bertz CT molecular complexity index is 511. The van der Waals surface area contributed by atoms with Crippen molar-refractivity contribution in [3.63, 3.8) is 0 Å². The number of amides is 2. The van der Waals surface area contributed by atoms with Crippen molar-refractivity contribution in [1.82, 2.24) is 10.6 Å². The first kappa shape index (κ1) is 13.6. The third kappa shape index (κ3) is 3.13. The molecule has 1 aromatic carbocycles. The summed E-state index contributed by atoms with van der Waals surface area (Å²) in [6, 6.07) is 6.44. The third-order valence-corrected chi connectivity index (χ3v) is 3.56. The van der Waals surface area contributed by atoms with Crippen molar-refractivity contribution < 1.29 is 9.59 Å². The van der Waals surface area contributed by atoms with E-state index in [4.69, 9.17) is 0 Å². The van der Waals surface area contributed by atoms with Gasteiger partial charge >= 0.3 is 0 Å². The molecule has 1 aromatic rings. The number of benzene rings is 1. The standard InChI is InChI=1S/C15H20N2O2/c1-9-4-5-12-7-10(2)15(13(12)6-9)17-14(19)8-16-11(3)18/h4-6,10,15H,7-8H2,1-3H3,(H,16,18)(H,17,19)/t10-,15-/m0/s1. The van der Waals surface area contributed by atoms with Crippen LogP contribution in [0.15, 0.2) is 18.2 Å². The molecule has 0 aromatic heterocycles. The summed E-state index contributed by atoms with van der Waals surface area (Å²) in [5.41, 5.74) is 3.72. The summed E-state index contributed by atoms with van der Waals surface area (Å²) in [6.45, 7) is 5.64. The number of nitrogens with one attached hydrogen (secondary N) is 2. The van der Waals surface area contributed by atoms with Crippen LogP contribution in [0.25, 0.3) is 0 Å². The molecule has 0 radical (unpaired) electrons. The number of rotatable bonds is 3. The molecule has 2 amide bonds. The van der Waals surface area contributed by atoms with E-state index in [2.05, 4.69) is 42.7 Å². The van der Waals surface area contributed by atoms with Gasteiger partial charge in [-0.05, 0) is 30.4 Å². The van der Waals surface area contributed by atoms with Crippen LogP contribution in [0, 0.1) is 12.8 Å². The van der Waals surface area contributed by atoms with Gasteiger partial charge in [0.25, 0.3) is 0 Å². The first-order valence-electron chi connectivity index (χ1n) is 6.60. The summed E-state index contributed by atoms with van der Waals surface area (Å²) >= 11 is 0. The van der Waals surface area contributed by atoms with Crippen molar-refractivity contribution in [3.8, 4) is 0 Å². The van der Waals surface area contributed by atoms with Crippen LogP contribution in [0.3, 0.4) is 0 Å². The number of carbonyl (C=O) groups is 2. The number of fused-ring (bicyclic) bond motifs is 1. The maximum Gasteiger partial charge on any atom is 0.239 e. The van der Waals surface area contributed by atoms with Crippen LogP contribution in [-0.4, -0.2) is 18.4 Å². The zero-order chi connectivity index (χ0) is 14.0. The highest BCUT2D eigenvalue weighted by molar-refractivity contribution is 5.84. The van der Waals surface area contributed by atoms with Gasteiger partial charge in [0, 0.05) is 6.92 Å². The van der Waals surface area contributed by atoms with E-state index in [1.807, 2.05) is 0 Å². The van der Waals surface area contributed by atoms with Gasteiger partial charge in [0.2, 0.25) is 11.8 Å². The molecule has 0 spiro atoms. The second-order valence-corrected chi connectivity index (χ2v) is 5.34. The second-order valence-electron chi connectivity index (χ2n) is 5.34. The van der Waals surface area contributed by atoms with Crippen LogP contribution in [0.4, 0.5) is 0 Å². The maximum absolute atomic E-state index is 11.8. The fourth-order valence-corrected chi connectivity index (χ4v) is 2.61. The van der Waals surface area contributed by atoms with E-state index < -0.39 is 0 Å². The fraction of sp³-hybridized carbons (Fsp3) is 0.467. The zero-order valence-corrected chi connectivity index (χ0v) is 11.6. The lowest BCUT2D eigenvalue weighted by Gasteiger charge is -2.19. The van der Waals surface area contributed by atoms with Crippen LogP contribution >= 0.6 is 0 Å². The van der Waals surface area contributed by atoms with E-state index in [0.29, 0.717) is 5.92 Å². The van der Waals surface area contributed by atoms with Gasteiger partial charge in [0.05, 0.1) is 12.6 Å². The Kier molecular flexibility index (Phi) is 3.88. The predicted octanol–water partition coefficient (Wildman–Crippen LogP) is 1.48. The van der Waals surface area contributed by atoms with Gasteiger partial charge in [-0.15, -0.1) is 0 Å². The Morgan fingerprint density at radius 1 is 1.37 bits per heavy atom. The van der Waals surface area contributed by atoms with Gasteiger partial charge < -0.3 is 10.6 Å². The van der Waals surface area contributed by atoms with E-state index in [1.54, 1.807) is 0 Å². The molecule has 1 aliphatic rings. The highest BCUT2D eigenvalue weighted by Gasteiger charge is 2.30. The largest absolute Gasteiger partial charge is 0.347 e. The van der Waals surface area contributed by atoms with Gasteiger partial charge in [0.1, 0.15) is 0 Å². The van der Waals surface area contributed by atoms with E-state index in [9.17, 15) is 9.59 Å². The van der Waals surface area contributed by atoms with E-state index in [-0.39, 0.29) is 24.4 Å². The van der Waals surface area contributed by atoms with Crippen molar-refractivity contribution in [2.24, 2.45) is 5.92 Å². The molecule has 19 heavy (non-hydrogen) atoms. The lowest BCUT2D eigenvalue weighted by atomic mass is 10.0. The molecule has 0 fully saturated rings. The molecule has 2 atom stereocenters. The summed E-state index contributed by atoms with van der Waals surface area (Å²) in [5, 5.41) is 5.53. The quantitative estimate of drug-likeness (QED) is 0.865. The number of hydrogen-bond donors (Lipinski definition) is 2. The first-order valence-corrected chi connectivity index (χ1v) is 6.60. The molecule has 102 valence electrons. The summed E-state index contributed by atoms with van der Waals surface area (Å²) in [6.07, 6.45) is 0.987. The van der Waals surface area contributed by atoms with Crippen molar-refractivity contribution in [3.05, 3.63) is 34.9 Å². The van der Waals surface area contributed by atoms with Crippen LogP contribution in [0.2, 0.25) is 0 Å². The number of carbonyl (C=O) groups excluding carboxylic acids is 2. The number of aryl methyl sites for hydroxylation is 1. The number of hydrogen-bond acceptors (Lipinski definition) is 2. The van der Waals surface area contributed by atoms with Crippen molar-refractivity contribution in [2.75, 3.05) is 6.54 Å². The Morgan fingerprint density at radius 2 is 2.11 bits per heavy atom. The summed E-state index contributed by atoms with van der Waals surface area (Å²) < 4.78 is 0. The lowest BCUT2D eigenvalue weighted by molar-refractivity contribution is -0.125. The van der Waals surface area contributed by atoms with Crippen LogP contribution < -0.4 is 10.6 Å². The molecule has 0 saturated heterocycles.